The van der Waals surface area contributed by atoms with Crippen LogP contribution in [0.5, 0.6) is 0 Å². The first-order valence-corrected chi connectivity index (χ1v) is 10.4. The third-order valence-electron chi connectivity index (χ3n) is 5.30. The van der Waals surface area contributed by atoms with Crippen LogP contribution in [0.3, 0.4) is 0 Å². The molecule has 158 valence electrons. The maximum Gasteiger partial charge on any atom is 0.266 e. The molecule has 32 heavy (non-hydrogen) atoms. The summed E-state index contributed by atoms with van der Waals surface area (Å²) in [6.45, 7) is 2.24. The third-order valence-corrected chi connectivity index (χ3v) is 5.54. The molecular formula is C26H19ClFN3O. The summed E-state index contributed by atoms with van der Waals surface area (Å²) in [6.07, 6.45) is 1.58. The molecule has 4 aromatic rings. The Hall–Kier alpha value is -3.88. The number of nitrogens with one attached hydrogen (secondary N) is 1. The van der Waals surface area contributed by atoms with E-state index in [0.29, 0.717) is 22.8 Å². The lowest BCUT2D eigenvalue weighted by Gasteiger charge is -2.09. The fourth-order valence-corrected chi connectivity index (χ4v) is 3.89. The largest absolute Gasteiger partial charge is 0.340 e. The minimum absolute atomic E-state index is 0.0399. The molecule has 4 rings (SSSR count). The van der Waals surface area contributed by atoms with E-state index in [1.54, 1.807) is 48.5 Å². The zero-order valence-corrected chi connectivity index (χ0v) is 18.0. The number of halogens is 2. The van der Waals surface area contributed by atoms with Gasteiger partial charge in [0.2, 0.25) is 0 Å². The Morgan fingerprint density at radius 2 is 1.88 bits per heavy atom. The highest BCUT2D eigenvalue weighted by Crippen LogP contribution is 2.29. The van der Waals surface area contributed by atoms with Crippen molar-refractivity contribution in [2.45, 2.75) is 13.5 Å². The van der Waals surface area contributed by atoms with Crippen molar-refractivity contribution in [3.63, 3.8) is 0 Å². The number of nitrogens with zero attached hydrogens (tertiary/aromatic N) is 2. The van der Waals surface area contributed by atoms with Crippen LogP contribution in [0.1, 0.15) is 16.8 Å². The van der Waals surface area contributed by atoms with Crippen LogP contribution in [0, 0.1) is 24.1 Å². The number of para-hydroxylation sites is 1. The predicted octanol–water partition coefficient (Wildman–Crippen LogP) is 6.34. The van der Waals surface area contributed by atoms with E-state index in [0.717, 1.165) is 22.2 Å². The van der Waals surface area contributed by atoms with Gasteiger partial charge in [-0.15, -0.1) is 0 Å². The number of nitriles is 1. The SMILES string of the molecule is Cc1c(C=C(C#N)C(=O)Nc2cccc(Cl)c2)c2ccccc2n1Cc1ccccc1F. The fraction of sp³-hybridized carbons (Fsp3) is 0.0769. The first-order chi connectivity index (χ1) is 15.5. The molecule has 1 aromatic heterocycles. The van der Waals surface area contributed by atoms with E-state index in [1.165, 1.54) is 6.07 Å². The van der Waals surface area contributed by atoms with Gasteiger partial charge in [0.25, 0.3) is 5.91 Å². The summed E-state index contributed by atoms with van der Waals surface area (Å²) in [5.74, 6) is -0.805. The van der Waals surface area contributed by atoms with Gasteiger partial charge in [-0.05, 0) is 43.3 Å². The highest BCUT2D eigenvalue weighted by molar-refractivity contribution is 6.31. The first kappa shape index (κ1) is 21.4. The molecular weight excluding hydrogens is 425 g/mol. The maximum atomic E-state index is 14.3. The lowest BCUT2D eigenvalue weighted by atomic mass is 10.1. The van der Waals surface area contributed by atoms with Crippen molar-refractivity contribution in [1.82, 2.24) is 4.57 Å². The van der Waals surface area contributed by atoms with Crippen LogP contribution in [0.25, 0.3) is 17.0 Å². The van der Waals surface area contributed by atoms with Gasteiger partial charge >= 0.3 is 0 Å². The average molecular weight is 444 g/mol. The number of aromatic nitrogens is 1. The Kier molecular flexibility index (Phi) is 6.07. The van der Waals surface area contributed by atoms with Crippen LogP contribution in [0.4, 0.5) is 10.1 Å². The number of fused-ring (bicyclic) bond motifs is 1. The molecule has 0 unspecified atom stereocenters. The summed E-state index contributed by atoms with van der Waals surface area (Å²) in [5, 5.41) is 13.7. The number of carbonyl (C=O) groups excluding carboxylic acids is 1. The summed E-state index contributed by atoms with van der Waals surface area (Å²) in [5.41, 5.74) is 3.50. The molecule has 0 aliphatic rings. The Morgan fingerprint density at radius 1 is 1.12 bits per heavy atom. The number of rotatable bonds is 5. The third kappa shape index (κ3) is 4.27. The molecule has 0 spiro atoms. The van der Waals surface area contributed by atoms with E-state index in [1.807, 2.05) is 41.8 Å². The van der Waals surface area contributed by atoms with Crippen LogP contribution in [-0.4, -0.2) is 10.5 Å². The minimum Gasteiger partial charge on any atom is -0.340 e. The van der Waals surface area contributed by atoms with Crippen LogP contribution in [-0.2, 0) is 11.3 Å². The van der Waals surface area contributed by atoms with Crippen molar-refractivity contribution in [3.05, 3.63) is 106 Å². The topological polar surface area (TPSA) is 57.8 Å². The fourth-order valence-electron chi connectivity index (χ4n) is 3.70. The number of carbonyl (C=O) groups is 1. The number of anilines is 1. The standard InChI is InChI=1S/C26H19ClFN3O/c1-17-23(13-19(15-29)26(32)30-21-9-6-8-20(27)14-21)22-10-3-5-12-25(22)31(17)16-18-7-2-4-11-24(18)28/h2-14H,16H2,1H3,(H,30,32). The number of amides is 1. The monoisotopic (exact) mass is 443 g/mol. The molecule has 0 fully saturated rings. The Bertz CT molecular complexity index is 1400. The van der Waals surface area contributed by atoms with Crippen molar-refractivity contribution >= 4 is 40.2 Å². The van der Waals surface area contributed by atoms with E-state index in [-0.39, 0.29) is 11.4 Å². The molecule has 0 bridgehead atoms. The van der Waals surface area contributed by atoms with Gasteiger partial charge in [0.1, 0.15) is 17.5 Å². The lowest BCUT2D eigenvalue weighted by molar-refractivity contribution is -0.112. The van der Waals surface area contributed by atoms with Gasteiger partial charge < -0.3 is 9.88 Å². The maximum absolute atomic E-state index is 14.3. The van der Waals surface area contributed by atoms with Gasteiger partial charge in [0.05, 0.1) is 6.54 Å². The highest BCUT2D eigenvalue weighted by Gasteiger charge is 2.17. The summed E-state index contributed by atoms with van der Waals surface area (Å²) in [7, 11) is 0. The van der Waals surface area contributed by atoms with Crippen molar-refractivity contribution in [3.8, 4) is 6.07 Å². The molecule has 6 heteroatoms. The van der Waals surface area contributed by atoms with Gasteiger partial charge in [-0.2, -0.15) is 5.26 Å². The second kappa shape index (κ2) is 9.09. The molecule has 0 atom stereocenters. The zero-order chi connectivity index (χ0) is 22.7. The van der Waals surface area contributed by atoms with E-state index in [9.17, 15) is 14.4 Å². The van der Waals surface area contributed by atoms with Crippen molar-refractivity contribution in [2.75, 3.05) is 5.32 Å². The van der Waals surface area contributed by atoms with Crippen molar-refractivity contribution in [1.29, 1.82) is 5.26 Å². The molecule has 3 aromatic carbocycles. The number of hydrogen-bond acceptors (Lipinski definition) is 2. The van der Waals surface area contributed by atoms with Gasteiger partial charge in [-0.1, -0.05) is 54.1 Å². The van der Waals surface area contributed by atoms with Crippen LogP contribution >= 0.6 is 11.6 Å². The van der Waals surface area contributed by atoms with Crippen LogP contribution in [0.2, 0.25) is 5.02 Å². The molecule has 0 radical (unpaired) electrons. The predicted molar refractivity (Wildman–Crippen MR) is 126 cm³/mol. The second-order valence-electron chi connectivity index (χ2n) is 7.33. The molecule has 1 N–H and O–H groups in total. The van der Waals surface area contributed by atoms with Gasteiger partial charge in [-0.25, -0.2) is 4.39 Å². The van der Waals surface area contributed by atoms with E-state index >= 15 is 0 Å². The number of hydrogen-bond donors (Lipinski definition) is 1. The second-order valence-corrected chi connectivity index (χ2v) is 7.76. The quantitative estimate of drug-likeness (QED) is 0.289. The van der Waals surface area contributed by atoms with Crippen LogP contribution in [0.15, 0.2) is 78.4 Å². The smallest absolute Gasteiger partial charge is 0.266 e. The van der Waals surface area contributed by atoms with Crippen molar-refractivity contribution < 1.29 is 9.18 Å². The highest BCUT2D eigenvalue weighted by atomic mass is 35.5. The Morgan fingerprint density at radius 3 is 2.62 bits per heavy atom. The Balaban J connectivity index is 1.76. The first-order valence-electron chi connectivity index (χ1n) is 9.98. The van der Waals surface area contributed by atoms with E-state index < -0.39 is 5.91 Å². The normalized spacial score (nSPS) is 11.4. The summed E-state index contributed by atoms with van der Waals surface area (Å²) in [6, 6.07) is 23.0. The number of benzene rings is 3. The van der Waals surface area contributed by atoms with Gasteiger partial charge in [0.15, 0.2) is 0 Å². The van der Waals surface area contributed by atoms with E-state index in [4.69, 9.17) is 11.6 Å². The average Bonchev–Trinajstić information content (AvgIpc) is 3.04. The van der Waals surface area contributed by atoms with Crippen molar-refractivity contribution in [2.24, 2.45) is 0 Å². The van der Waals surface area contributed by atoms with Gasteiger partial charge in [-0.3, -0.25) is 4.79 Å². The molecule has 4 nitrogen and oxygen atoms in total. The van der Waals surface area contributed by atoms with Crippen LogP contribution < -0.4 is 5.32 Å². The zero-order valence-electron chi connectivity index (χ0n) is 17.3. The molecule has 0 saturated heterocycles. The summed E-state index contributed by atoms with van der Waals surface area (Å²) < 4.78 is 16.3. The Labute approximate surface area is 190 Å². The van der Waals surface area contributed by atoms with E-state index in [2.05, 4.69) is 5.32 Å². The molecule has 0 saturated carbocycles. The van der Waals surface area contributed by atoms with Gasteiger partial charge in [0, 0.05) is 38.4 Å². The molecule has 1 amide bonds. The molecule has 1 heterocycles. The summed E-state index contributed by atoms with van der Waals surface area (Å²) in [4.78, 5) is 12.7. The molecule has 0 aliphatic heterocycles. The minimum atomic E-state index is -0.528. The molecule has 0 aliphatic carbocycles. The lowest BCUT2D eigenvalue weighted by Crippen LogP contribution is -2.13. The summed E-state index contributed by atoms with van der Waals surface area (Å²) >= 11 is 5.98.